The minimum absolute atomic E-state index is 0.0639. The Hall–Kier alpha value is -1.56. The minimum Gasteiger partial charge on any atom is -0.481 e. The molecule has 6 nitrogen and oxygen atoms in total. The average Bonchev–Trinajstić information content (AvgIpc) is 2.10. The van der Waals surface area contributed by atoms with Crippen LogP contribution in [0.2, 0.25) is 0 Å². The summed E-state index contributed by atoms with van der Waals surface area (Å²) in [6.07, 6.45) is 0.0639. The zero-order valence-electron chi connectivity index (χ0n) is 7.77. The third kappa shape index (κ3) is 1.85. The molecule has 0 spiro atoms. The molecule has 0 bridgehead atoms. The molecule has 0 aliphatic carbocycles. The van der Waals surface area contributed by atoms with Crippen LogP contribution in [0.3, 0.4) is 0 Å². The van der Waals surface area contributed by atoms with Gasteiger partial charge in [0.15, 0.2) is 0 Å². The molecular weight excluding hydrogens is 186 g/mol. The molecule has 0 atom stereocenters. The number of hydrogen-bond acceptors (Lipinski definition) is 6. The van der Waals surface area contributed by atoms with Gasteiger partial charge in [-0.1, -0.05) is 0 Å². The Morgan fingerprint density at radius 2 is 2.14 bits per heavy atom. The van der Waals surface area contributed by atoms with E-state index in [1.165, 1.54) is 7.11 Å². The summed E-state index contributed by atoms with van der Waals surface area (Å²) in [6.45, 7) is 1.18. The topological polar surface area (TPSA) is 79.5 Å². The molecular formula is C8H11N3O3. The summed E-state index contributed by atoms with van der Waals surface area (Å²) in [5.74, 6) is 0.954. The highest BCUT2D eigenvalue weighted by Gasteiger charge is 2.21. The summed E-state index contributed by atoms with van der Waals surface area (Å²) in [5.41, 5.74) is 5.46. The summed E-state index contributed by atoms with van der Waals surface area (Å²) in [6, 6.07) is 1.59. The van der Waals surface area contributed by atoms with Crippen LogP contribution in [0.5, 0.6) is 11.8 Å². The molecule has 76 valence electrons. The van der Waals surface area contributed by atoms with Gasteiger partial charge in [0.25, 0.3) is 0 Å². The van der Waals surface area contributed by atoms with Crippen molar-refractivity contribution in [2.45, 2.75) is 6.10 Å². The van der Waals surface area contributed by atoms with Crippen molar-refractivity contribution in [3.63, 3.8) is 0 Å². The maximum absolute atomic E-state index is 5.46. The number of aromatic nitrogens is 2. The first kappa shape index (κ1) is 9.01. The van der Waals surface area contributed by atoms with E-state index in [1.54, 1.807) is 6.07 Å². The lowest BCUT2D eigenvalue weighted by atomic mass is 10.3. The number of hydrogen-bond donors (Lipinski definition) is 1. The number of methoxy groups -OCH3 is 1. The van der Waals surface area contributed by atoms with Crippen molar-refractivity contribution >= 4 is 5.95 Å². The largest absolute Gasteiger partial charge is 0.481 e. The highest BCUT2D eigenvalue weighted by atomic mass is 16.6. The third-order valence-electron chi connectivity index (χ3n) is 1.80. The molecule has 2 N–H and O–H groups in total. The molecule has 1 aliphatic heterocycles. The monoisotopic (exact) mass is 197 g/mol. The van der Waals surface area contributed by atoms with Gasteiger partial charge in [0, 0.05) is 0 Å². The van der Waals surface area contributed by atoms with Crippen molar-refractivity contribution in [1.29, 1.82) is 0 Å². The average molecular weight is 197 g/mol. The van der Waals surface area contributed by atoms with E-state index in [9.17, 15) is 0 Å². The number of ether oxygens (including phenoxy) is 3. The molecule has 14 heavy (non-hydrogen) atoms. The molecule has 0 amide bonds. The van der Waals surface area contributed by atoms with Gasteiger partial charge in [0.05, 0.1) is 26.4 Å². The van der Waals surface area contributed by atoms with Crippen LogP contribution < -0.4 is 15.2 Å². The van der Waals surface area contributed by atoms with Gasteiger partial charge in [0.1, 0.15) is 6.10 Å². The SMILES string of the molecule is COc1cc(OC2COC2)nc(N)n1. The number of nitrogens with two attached hydrogens (primary N) is 1. The lowest BCUT2D eigenvalue weighted by molar-refractivity contribution is -0.0813. The summed E-state index contributed by atoms with van der Waals surface area (Å²) in [7, 11) is 1.51. The van der Waals surface area contributed by atoms with Crippen LogP contribution in [0, 0.1) is 0 Å². The van der Waals surface area contributed by atoms with E-state index in [2.05, 4.69) is 9.97 Å². The first-order valence-corrected chi connectivity index (χ1v) is 4.21. The minimum atomic E-state index is 0.0639. The molecule has 1 aliphatic rings. The molecule has 1 fully saturated rings. The summed E-state index contributed by atoms with van der Waals surface area (Å²) in [4.78, 5) is 7.75. The molecule has 1 aromatic heterocycles. The van der Waals surface area contributed by atoms with Crippen LogP contribution in [0.15, 0.2) is 6.07 Å². The number of rotatable bonds is 3. The van der Waals surface area contributed by atoms with Crippen molar-refractivity contribution in [3.05, 3.63) is 6.07 Å². The molecule has 0 unspecified atom stereocenters. The van der Waals surface area contributed by atoms with Gasteiger partial charge >= 0.3 is 0 Å². The lowest BCUT2D eigenvalue weighted by Crippen LogP contribution is -2.38. The van der Waals surface area contributed by atoms with E-state index in [-0.39, 0.29) is 12.1 Å². The lowest BCUT2D eigenvalue weighted by Gasteiger charge is -2.26. The molecule has 0 aromatic carbocycles. The maximum atomic E-state index is 5.46. The van der Waals surface area contributed by atoms with Gasteiger partial charge in [-0.25, -0.2) is 0 Å². The molecule has 1 saturated heterocycles. The Morgan fingerprint density at radius 3 is 2.71 bits per heavy atom. The third-order valence-corrected chi connectivity index (χ3v) is 1.80. The first-order chi connectivity index (χ1) is 6.78. The van der Waals surface area contributed by atoms with E-state index in [0.717, 1.165) is 0 Å². The molecule has 2 rings (SSSR count). The van der Waals surface area contributed by atoms with Gasteiger partial charge in [-0.3, -0.25) is 0 Å². The zero-order chi connectivity index (χ0) is 9.97. The summed E-state index contributed by atoms with van der Waals surface area (Å²) >= 11 is 0. The molecule has 2 heterocycles. The van der Waals surface area contributed by atoms with E-state index >= 15 is 0 Å². The normalized spacial score (nSPS) is 16.1. The first-order valence-electron chi connectivity index (χ1n) is 4.21. The van der Waals surface area contributed by atoms with Crippen LogP contribution in [-0.4, -0.2) is 36.4 Å². The number of nitrogens with zero attached hydrogens (tertiary/aromatic N) is 2. The van der Waals surface area contributed by atoms with Crippen LogP contribution in [0.4, 0.5) is 5.95 Å². The second-order valence-electron chi connectivity index (χ2n) is 2.88. The van der Waals surface area contributed by atoms with Crippen LogP contribution in [0.25, 0.3) is 0 Å². The fourth-order valence-corrected chi connectivity index (χ4v) is 1.04. The van der Waals surface area contributed by atoms with Crippen molar-refractivity contribution in [3.8, 4) is 11.8 Å². The van der Waals surface area contributed by atoms with Gasteiger partial charge in [0.2, 0.25) is 17.7 Å². The van der Waals surface area contributed by atoms with Crippen LogP contribution in [0.1, 0.15) is 0 Å². The van der Waals surface area contributed by atoms with Crippen molar-refractivity contribution in [2.24, 2.45) is 0 Å². The van der Waals surface area contributed by atoms with Gasteiger partial charge in [-0.2, -0.15) is 9.97 Å². The Bertz CT molecular complexity index is 328. The maximum Gasteiger partial charge on any atom is 0.226 e. The van der Waals surface area contributed by atoms with E-state index in [1.807, 2.05) is 0 Å². The Balaban J connectivity index is 2.11. The fourth-order valence-electron chi connectivity index (χ4n) is 1.04. The van der Waals surface area contributed by atoms with Crippen LogP contribution in [-0.2, 0) is 4.74 Å². The Kier molecular flexibility index (Phi) is 2.36. The molecule has 1 aromatic rings. The van der Waals surface area contributed by atoms with Crippen molar-refractivity contribution in [1.82, 2.24) is 9.97 Å². The second-order valence-corrected chi connectivity index (χ2v) is 2.88. The summed E-state index contributed by atoms with van der Waals surface area (Å²) in [5, 5.41) is 0. The predicted molar refractivity (Wildman–Crippen MR) is 48.2 cm³/mol. The van der Waals surface area contributed by atoms with Crippen molar-refractivity contribution < 1.29 is 14.2 Å². The standard InChI is InChI=1S/C8H11N3O3/c1-12-6-2-7(11-8(9)10-6)14-5-3-13-4-5/h2,5H,3-4H2,1H3,(H2,9,10,11). The zero-order valence-corrected chi connectivity index (χ0v) is 7.77. The Morgan fingerprint density at radius 1 is 1.43 bits per heavy atom. The quantitative estimate of drug-likeness (QED) is 0.725. The number of nitrogen functional groups attached to an aromatic ring is 1. The Labute approximate surface area is 81.0 Å². The predicted octanol–water partition coefficient (Wildman–Crippen LogP) is -0.155. The van der Waals surface area contributed by atoms with Gasteiger partial charge < -0.3 is 19.9 Å². The summed E-state index contributed by atoms with van der Waals surface area (Å²) < 4.78 is 15.3. The fraction of sp³-hybridized carbons (Fsp3) is 0.500. The van der Waals surface area contributed by atoms with Crippen LogP contribution >= 0.6 is 0 Å². The number of anilines is 1. The smallest absolute Gasteiger partial charge is 0.226 e. The molecule has 0 radical (unpaired) electrons. The second kappa shape index (κ2) is 3.67. The van der Waals surface area contributed by atoms with Crippen molar-refractivity contribution in [2.75, 3.05) is 26.1 Å². The molecule has 6 heteroatoms. The van der Waals surface area contributed by atoms with E-state index in [0.29, 0.717) is 25.0 Å². The van der Waals surface area contributed by atoms with Gasteiger partial charge in [-0.05, 0) is 0 Å². The molecule has 0 saturated carbocycles. The highest BCUT2D eigenvalue weighted by molar-refractivity contribution is 5.29. The highest BCUT2D eigenvalue weighted by Crippen LogP contribution is 2.19. The van der Waals surface area contributed by atoms with E-state index < -0.39 is 0 Å². The van der Waals surface area contributed by atoms with Gasteiger partial charge in [-0.15, -0.1) is 0 Å². The van der Waals surface area contributed by atoms with E-state index in [4.69, 9.17) is 19.9 Å².